The Balaban J connectivity index is 2.29. The van der Waals surface area contributed by atoms with Gasteiger partial charge in [-0.1, -0.05) is 25.4 Å². The van der Waals surface area contributed by atoms with Gasteiger partial charge in [0.15, 0.2) is 5.82 Å². The molecule has 0 saturated carbocycles. The van der Waals surface area contributed by atoms with E-state index in [1.165, 1.54) is 0 Å². The number of thiophene rings is 1. The van der Waals surface area contributed by atoms with Crippen molar-refractivity contribution in [1.82, 2.24) is 14.9 Å². The Kier molecular flexibility index (Phi) is 7.10. The number of nitrogens with two attached hydrogens (primary N) is 1. The zero-order valence-electron chi connectivity index (χ0n) is 16.5. The van der Waals surface area contributed by atoms with E-state index in [9.17, 15) is 0 Å². The molecule has 28 heavy (non-hydrogen) atoms. The molecule has 2 aromatic heterocycles. The first-order chi connectivity index (χ1) is 13.4. The molecule has 0 aliphatic rings. The average molecular weight is 482 g/mol. The number of rotatable bonds is 8. The average Bonchev–Trinajstić information content (AvgIpc) is 3.12. The fourth-order valence-corrected chi connectivity index (χ4v) is 5.34. The molecular formula is C21H26BrClN4S. The molecule has 2 heterocycles. The van der Waals surface area contributed by atoms with Crippen molar-refractivity contribution in [2.45, 2.75) is 39.2 Å². The maximum absolute atomic E-state index is 6.30. The van der Waals surface area contributed by atoms with Gasteiger partial charge in [-0.15, -0.1) is 11.3 Å². The highest BCUT2D eigenvalue weighted by Gasteiger charge is 2.35. The van der Waals surface area contributed by atoms with Crippen LogP contribution in [0, 0.1) is 0 Å². The van der Waals surface area contributed by atoms with Gasteiger partial charge in [0.05, 0.1) is 25.4 Å². The van der Waals surface area contributed by atoms with E-state index >= 15 is 0 Å². The van der Waals surface area contributed by atoms with Gasteiger partial charge in [0.1, 0.15) is 0 Å². The maximum atomic E-state index is 6.30. The van der Waals surface area contributed by atoms with Gasteiger partial charge in [0.25, 0.3) is 0 Å². The monoisotopic (exact) mass is 480 g/mol. The zero-order valence-corrected chi connectivity index (χ0v) is 19.7. The molecular weight excluding hydrogens is 456 g/mol. The highest BCUT2D eigenvalue weighted by molar-refractivity contribution is 9.11. The van der Waals surface area contributed by atoms with Gasteiger partial charge in [-0.05, 0) is 85.7 Å². The minimum Gasteiger partial charge on any atom is -0.330 e. The van der Waals surface area contributed by atoms with E-state index in [-0.39, 0.29) is 5.54 Å². The van der Waals surface area contributed by atoms with Crippen molar-refractivity contribution >= 4 is 49.8 Å². The predicted octanol–water partition coefficient (Wildman–Crippen LogP) is 6.07. The van der Waals surface area contributed by atoms with Gasteiger partial charge in [-0.3, -0.25) is 4.90 Å². The van der Waals surface area contributed by atoms with Crippen LogP contribution in [-0.2, 0) is 5.54 Å². The summed E-state index contributed by atoms with van der Waals surface area (Å²) in [7, 11) is 0. The van der Waals surface area contributed by atoms with E-state index in [1.807, 2.05) is 24.3 Å². The fraction of sp³-hybridized carbons (Fsp3) is 0.429. The van der Waals surface area contributed by atoms with Gasteiger partial charge < -0.3 is 5.73 Å². The number of aromatic nitrogens is 2. The van der Waals surface area contributed by atoms with E-state index in [4.69, 9.17) is 27.3 Å². The molecule has 0 aliphatic heterocycles. The van der Waals surface area contributed by atoms with E-state index in [0.717, 1.165) is 57.0 Å². The molecule has 3 aromatic rings. The van der Waals surface area contributed by atoms with Crippen molar-refractivity contribution < 1.29 is 0 Å². The molecule has 0 radical (unpaired) electrons. The van der Waals surface area contributed by atoms with Crippen LogP contribution in [0.25, 0.3) is 21.6 Å². The Labute approximate surface area is 184 Å². The molecule has 0 fully saturated rings. The Hall–Kier alpha value is -1.05. The summed E-state index contributed by atoms with van der Waals surface area (Å²) < 4.78 is 1.06. The van der Waals surface area contributed by atoms with Gasteiger partial charge in [0, 0.05) is 10.4 Å². The number of fused-ring (bicyclic) bond motifs is 1. The summed E-state index contributed by atoms with van der Waals surface area (Å²) in [4.78, 5) is 13.4. The standard InChI is InChI=1S/C21H26BrClN4S/c1-4-27(5-2)21(3,11-6-12-24)19-15-8-7-14(23)13-16(15)25-20(26-19)17-9-10-18(22)28-17/h7-10,13H,4-6,11-12,24H2,1-3H3. The van der Waals surface area contributed by atoms with E-state index in [1.54, 1.807) is 11.3 Å². The summed E-state index contributed by atoms with van der Waals surface area (Å²) >= 11 is 11.5. The lowest BCUT2D eigenvalue weighted by atomic mass is 9.86. The topological polar surface area (TPSA) is 55.0 Å². The summed E-state index contributed by atoms with van der Waals surface area (Å²) in [6.45, 7) is 9.22. The van der Waals surface area contributed by atoms with Crippen molar-refractivity contribution in [3.8, 4) is 10.7 Å². The smallest absolute Gasteiger partial charge is 0.170 e. The Morgan fingerprint density at radius 1 is 1.18 bits per heavy atom. The molecule has 1 aromatic carbocycles. The van der Waals surface area contributed by atoms with Crippen LogP contribution in [0.4, 0.5) is 0 Å². The summed E-state index contributed by atoms with van der Waals surface area (Å²) in [5.41, 5.74) is 7.57. The highest BCUT2D eigenvalue weighted by Crippen LogP contribution is 2.38. The van der Waals surface area contributed by atoms with E-state index < -0.39 is 0 Å². The van der Waals surface area contributed by atoms with Crippen molar-refractivity contribution in [1.29, 1.82) is 0 Å². The Morgan fingerprint density at radius 2 is 1.93 bits per heavy atom. The second-order valence-corrected chi connectivity index (χ2v) is 9.90. The molecule has 0 amide bonds. The summed E-state index contributed by atoms with van der Waals surface area (Å²) in [5, 5.41) is 1.73. The van der Waals surface area contributed by atoms with E-state index in [0.29, 0.717) is 11.6 Å². The van der Waals surface area contributed by atoms with Crippen LogP contribution in [0.5, 0.6) is 0 Å². The summed E-state index contributed by atoms with van der Waals surface area (Å²) in [6, 6.07) is 9.98. The number of nitrogens with zero attached hydrogens (tertiary/aromatic N) is 3. The van der Waals surface area contributed by atoms with Crippen molar-refractivity contribution in [2.75, 3.05) is 19.6 Å². The second-order valence-electron chi connectivity index (χ2n) is 7.00. The minimum atomic E-state index is -0.235. The van der Waals surface area contributed by atoms with Crippen LogP contribution in [0.2, 0.25) is 5.02 Å². The first-order valence-electron chi connectivity index (χ1n) is 9.61. The molecule has 0 bridgehead atoms. The van der Waals surface area contributed by atoms with Gasteiger partial charge in [-0.2, -0.15) is 0 Å². The molecule has 3 rings (SSSR count). The molecule has 2 N–H and O–H groups in total. The molecule has 0 spiro atoms. The van der Waals surface area contributed by atoms with Crippen molar-refractivity contribution in [3.05, 3.63) is 44.8 Å². The largest absolute Gasteiger partial charge is 0.330 e. The highest BCUT2D eigenvalue weighted by atomic mass is 79.9. The lowest BCUT2D eigenvalue weighted by molar-refractivity contribution is 0.101. The molecule has 1 atom stereocenters. The fourth-order valence-electron chi connectivity index (χ4n) is 3.85. The number of hydrogen-bond donors (Lipinski definition) is 1. The predicted molar refractivity (Wildman–Crippen MR) is 124 cm³/mol. The van der Waals surface area contributed by atoms with Crippen LogP contribution >= 0.6 is 38.9 Å². The first-order valence-corrected chi connectivity index (χ1v) is 11.6. The molecule has 7 heteroatoms. The number of hydrogen-bond acceptors (Lipinski definition) is 5. The van der Waals surface area contributed by atoms with Crippen LogP contribution in [0.1, 0.15) is 39.3 Å². The van der Waals surface area contributed by atoms with Gasteiger partial charge in [0.2, 0.25) is 0 Å². The minimum absolute atomic E-state index is 0.235. The summed E-state index contributed by atoms with van der Waals surface area (Å²) in [6.07, 6.45) is 1.87. The maximum Gasteiger partial charge on any atom is 0.170 e. The van der Waals surface area contributed by atoms with Crippen LogP contribution < -0.4 is 5.73 Å². The van der Waals surface area contributed by atoms with Crippen LogP contribution in [0.3, 0.4) is 0 Å². The van der Waals surface area contributed by atoms with Gasteiger partial charge in [-0.25, -0.2) is 9.97 Å². The van der Waals surface area contributed by atoms with Crippen molar-refractivity contribution in [3.63, 3.8) is 0 Å². The lowest BCUT2D eigenvalue weighted by Crippen LogP contribution is -2.45. The molecule has 150 valence electrons. The Morgan fingerprint density at radius 3 is 2.54 bits per heavy atom. The van der Waals surface area contributed by atoms with Gasteiger partial charge >= 0.3 is 0 Å². The van der Waals surface area contributed by atoms with Crippen molar-refractivity contribution in [2.24, 2.45) is 5.73 Å². The Bertz CT molecular complexity index is 957. The SMILES string of the molecule is CCN(CC)C(C)(CCCN)c1nc(-c2ccc(Br)s2)nc2cc(Cl)ccc12. The lowest BCUT2D eigenvalue weighted by Gasteiger charge is -2.41. The van der Waals surface area contributed by atoms with Crippen LogP contribution in [0.15, 0.2) is 34.1 Å². The normalized spacial score (nSPS) is 14.0. The summed E-state index contributed by atoms with van der Waals surface area (Å²) in [5.74, 6) is 0.742. The zero-order chi connectivity index (χ0) is 20.3. The number of benzene rings is 1. The third-order valence-electron chi connectivity index (χ3n) is 5.29. The number of halogens is 2. The molecule has 0 saturated heterocycles. The molecule has 1 unspecified atom stereocenters. The quantitative estimate of drug-likeness (QED) is 0.424. The second kappa shape index (κ2) is 9.18. The first kappa shape index (κ1) is 21.7. The third kappa shape index (κ3) is 4.26. The van der Waals surface area contributed by atoms with E-state index in [2.05, 4.69) is 47.7 Å². The third-order valence-corrected chi connectivity index (χ3v) is 7.15. The molecule has 4 nitrogen and oxygen atoms in total. The molecule has 0 aliphatic carbocycles. The van der Waals surface area contributed by atoms with Crippen LogP contribution in [-0.4, -0.2) is 34.5 Å².